The number of amides is 1. The number of piperidine rings is 1. The first kappa shape index (κ1) is 15.6. The van der Waals surface area contributed by atoms with E-state index in [9.17, 15) is 4.79 Å². The topological polar surface area (TPSA) is 41.6 Å². The second kappa shape index (κ2) is 5.92. The van der Waals surface area contributed by atoms with Crippen LogP contribution in [0.5, 0.6) is 0 Å². The van der Waals surface area contributed by atoms with Gasteiger partial charge in [-0.05, 0) is 64.3 Å². The average molecular weight is 282 g/mol. The summed E-state index contributed by atoms with van der Waals surface area (Å²) in [7, 11) is 0. The molecule has 4 heteroatoms. The van der Waals surface area contributed by atoms with E-state index >= 15 is 0 Å². The minimum Gasteiger partial charge on any atom is -0.444 e. The van der Waals surface area contributed by atoms with Gasteiger partial charge in [0.25, 0.3) is 0 Å². The van der Waals surface area contributed by atoms with Crippen LogP contribution >= 0.6 is 0 Å². The second-order valence-electron chi connectivity index (χ2n) is 7.85. The van der Waals surface area contributed by atoms with Crippen LogP contribution in [0.1, 0.15) is 53.4 Å². The van der Waals surface area contributed by atoms with Gasteiger partial charge in [-0.3, -0.25) is 0 Å². The summed E-state index contributed by atoms with van der Waals surface area (Å²) >= 11 is 0. The van der Waals surface area contributed by atoms with Crippen LogP contribution in [-0.4, -0.2) is 42.8 Å². The van der Waals surface area contributed by atoms with Crippen molar-refractivity contribution < 1.29 is 9.53 Å². The fourth-order valence-corrected chi connectivity index (χ4v) is 2.61. The van der Waals surface area contributed by atoms with Crippen LogP contribution in [0.2, 0.25) is 0 Å². The molecular formula is C16H30N2O2. The zero-order valence-corrected chi connectivity index (χ0v) is 13.5. The first-order valence-corrected chi connectivity index (χ1v) is 7.96. The van der Waals surface area contributed by atoms with Crippen LogP contribution in [0.25, 0.3) is 0 Å². The third kappa shape index (κ3) is 4.97. The molecule has 0 radical (unpaired) electrons. The van der Waals surface area contributed by atoms with Gasteiger partial charge in [-0.1, -0.05) is 6.92 Å². The number of ether oxygens (including phenoxy) is 1. The summed E-state index contributed by atoms with van der Waals surface area (Å²) in [5, 5.41) is 3.61. The number of nitrogens with one attached hydrogen (secondary N) is 1. The molecule has 1 saturated carbocycles. The summed E-state index contributed by atoms with van der Waals surface area (Å²) in [6, 6.07) is 0. The highest BCUT2D eigenvalue weighted by molar-refractivity contribution is 5.68. The molecule has 116 valence electrons. The molecule has 20 heavy (non-hydrogen) atoms. The van der Waals surface area contributed by atoms with Crippen molar-refractivity contribution in [3.63, 3.8) is 0 Å². The van der Waals surface area contributed by atoms with E-state index in [0.717, 1.165) is 39.0 Å². The van der Waals surface area contributed by atoms with Gasteiger partial charge in [0.15, 0.2) is 0 Å². The Bertz CT molecular complexity index is 337. The van der Waals surface area contributed by atoms with Gasteiger partial charge >= 0.3 is 6.09 Å². The predicted octanol–water partition coefficient (Wildman–Crippen LogP) is 3.02. The molecule has 0 spiro atoms. The van der Waals surface area contributed by atoms with Crippen molar-refractivity contribution in [3.05, 3.63) is 0 Å². The molecule has 1 N–H and O–H groups in total. The highest BCUT2D eigenvalue weighted by Crippen LogP contribution is 2.44. The second-order valence-corrected chi connectivity index (χ2v) is 7.85. The van der Waals surface area contributed by atoms with E-state index in [1.54, 1.807) is 0 Å². The summed E-state index contributed by atoms with van der Waals surface area (Å²) in [4.78, 5) is 13.8. The molecule has 0 aromatic heterocycles. The molecule has 0 aromatic rings. The number of hydrogen-bond donors (Lipinski definition) is 1. The van der Waals surface area contributed by atoms with Crippen LogP contribution < -0.4 is 5.32 Å². The molecule has 2 rings (SSSR count). The van der Waals surface area contributed by atoms with Gasteiger partial charge in [-0.15, -0.1) is 0 Å². The Kier molecular flexibility index (Phi) is 4.62. The summed E-state index contributed by atoms with van der Waals surface area (Å²) in [6.07, 6.45) is 4.76. The zero-order valence-electron chi connectivity index (χ0n) is 13.5. The number of carbonyl (C=O) groups excluding carboxylic acids is 1. The monoisotopic (exact) mass is 282 g/mol. The van der Waals surface area contributed by atoms with Gasteiger partial charge in [0, 0.05) is 19.6 Å². The lowest BCUT2D eigenvalue weighted by Gasteiger charge is -2.33. The summed E-state index contributed by atoms with van der Waals surface area (Å²) in [5.74, 6) is 0.705. The first-order valence-electron chi connectivity index (χ1n) is 7.96. The molecule has 1 aliphatic carbocycles. The summed E-state index contributed by atoms with van der Waals surface area (Å²) < 4.78 is 5.42. The van der Waals surface area contributed by atoms with Crippen molar-refractivity contribution in [3.8, 4) is 0 Å². The Hall–Kier alpha value is -0.770. The van der Waals surface area contributed by atoms with Crippen molar-refractivity contribution in [2.45, 2.75) is 59.0 Å². The highest BCUT2D eigenvalue weighted by Gasteiger charge is 2.36. The molecule has 1 heterocycles. The molecular weight excluding hydrogens is 252 g/mol. The Morgan fingerprint density at radius 3 is 2.40 bits per heavy atom. The molecule has 0 unspecified atom stereocenters. The number of hydrogen-bond acceptors (Lipinski definition) is 3. The SMILES string of the molecule is CC1(CNCC2CCN(C(=O)OC(C)(C)C)CC2)CC1. The predicted molar refractivity (Wildman–Crippen MR) is 80.7 cm³/mol. The van der Waals surface area contributed by atoms with E-state index in [-0.39, 0.29) is 6.09 Å². The van der Waals surface area contributed by atoms with Crippen LogP contribution in [0.4, 0.5) is 4.79 Å². The standard InChI is InChI=1S/C16H30N2O2/c1-15(2,3)20-14(19)18-9-5-13(6-10-18)11-17-12-16(4)7-8-16/h13,17H,5-12H2,1-4H3. The number of likely N-dealkylation sites (tertiary alicyclic amines) is 1. The first-order chi connectivity index (χ1) is 9.27. The Morgan fingerprint density at radius 2 is 1.90 bits per heavy atom. The Morgan fingerprint density at radius 1 is 1.30 bits per heavy atom. The molecule has 1 aliphatic heterocycles. The Labute approximate surface area is 123 Å². The van der Waals surface area contributed by atoms with Gasteiger partial charge in [0.1, 0.15) is 5.60 Å². The number of carbonyl (C=O) groups is 1. The lowest BCUT2D eigenvalue weighted by atomic mass is 9.96. The lowest BCUT2D eigenvalue weighted by molar-refractivity contribution is 0.0184. The van der Waals surface area contributed by atoms with E-state index in [0.29, 0.717) is 11.3 Å². The summed E-state index contributed by atoms with van der Waals surface area (Å²) in [5.41, 5.74) is 0.187. The smallest absolute Gasteiger partial charge is 0.410 e. The molecule has 0 bridgehead atoms. The van der Waals surface area contributed by atoms with Gasteiger partial charge < -0.3 is 15.0 Å². The largest absolute Gasteiger partial charge is 0.444 e. The maximum absolute atomic E-state index is 12.0. The van der Waals surface area contributed by atoms with Crippen LogP contribution in [0.15, 0.2) is 0 Å². The van der Waals surface area contributed by atoms with Crippen LogP contribution in [-0.2, 0) is 4.74 Å². The van der Waals surface area contributed by atoms with Gasteiger partial charge in [0.2, 0.25) is 0 Å². The van der Waals surface area contributed by atoms with Gasteiger partial charge in [0.05, 0.1) is 0 Å². The molecule has 2 aliphatic rings. The quantitative estimate of drug-likeness (QED) is 0.862. The van der Waals surface area contributed by atoms with Crippen molar-refractivity contribution in [1.82, 2.24) is 10.2 Å². The van der Waals surface area contributed by atoms with E-state index in [4.69, 9.17) is 4.74 Å². The molecule has 2 fully saturated rings. The zero-order chi connectivity index (χ0) is 14.8. The van der Waals surface area contributed by atoms with Crippen molar-refractivity contribution in [2.75, 3.05) is 26.2 Å². The van der Waals surface area contributed by atoms with Crippen molar-refractivity contribution in [2.24, 2.45) is 11.3 Å². The van der Waals surface area contributed by atoms with Crippen LogP contribution in [0, 0.1) is 11.3 Å². The third-order valence-electron chi connectivity index (χ3n) is 4.35. The summed E-state index contributed by atoms with van der Waals surface area (Å²) in [6.45, 7) is 12.0. The third-order valence-corrected chi connectivity index (χ3v) is 4.35. The van der Waals surface area contributed by atoms with E-state index in [1.807, 2.05) is 25.7 Å². The fourth-order valence-electron chi connectivity index (χ4n) is 2.61. The van der Waals surface area contributed by atoms with Crippen LogP contribution in [0.3, 0.4) is 0 Å². The van der Waals surface area contributed by atoms with Crippen molar-refractivity contribution >= 4 is 6.09 Å². The maximum atomic E-state index is 12.0. The number of rotatable bonds is 4. The molecule has 4 nitrogen and oxygen atoms in total. The molecule has 1 amide bonds. The maximum Gasteiger partial charge on any atom is 0.410 e. The Balaban J connectivity index is 1.63. The minimum absolute atomic E-state index is 0.158. The van der Waals surface area contributed by atoms with Crippen molar-refractivity contribution in [1.29, 1.82) is 0 Å². The lowest BCUT2D eigenvalue weighted by Crippen LogP contribution is -2.43. The van der Waals surface area contributed by atoms with Gasteiger partial charge in [-0.2, -0.15) is 0 Å². The van der Waals surface area contributed by atoms with E-state index in [2.05, 4.69) is 12.2 Å². The normalized spacial score (nSPS) is 22.7. The molecule has 0 atom stereocenters. The average Bonchev–Trinajstić information content (AvgIpc) is 3.06. The minimum atomic E-state index is -0.394. The molecule has 0 aromatic carbocycles. The highest BCUT2D eigenvalue weighted by atomic mass is 16.6. The number of nitrogens with zero attached hydrogens (tertiary/aromatic N) is 1. The molecule has 1 saturated heterocycles. The van der Waals surface area contributed by atoms with Gasteiger partial charge in [-0.25, -0.2) is 4.79 Å². The van der Waals surface area contributed by atoms with E-state index < -0.39 is 5.60 Å². The fraction of sp³-hybridized carbons (Fsp3) is 0.938. The van der Waals surface area contributed by atoms with E-state index in [1.165, 1.54) is 12.8 Å².